The van der Waals surface area contributed by atoms with Gasteiger partial charge in [-0.05, 0) is 35.6 Å². The summed E-state index contributed by atoms with van der Waals surface area (Å²) in [5.74, 6) is 0.675. The molecule has 0 aliphatic rings. The summed E-state index contributed by atoms with van der Waals surface area (Å²) < 4.78 is 32.4. The van der Waals surface area contributed by atoms with Crippen molar-refractivity contribution in [2.75, 3.05) is 7.11 Å². The number of ether oxygens (including phenoxy) is 1. The topological polar surface area (TPSA) is 75.6 Å². The Morgan fingerprint density at radius 3 is 2.81 bits per heavy atom. The van der Waals surface area contributed by atoms with Crippen molar-refractivity contribution >= 4 is 21.4 Å². The van der Waals surface area contributed by atoms with E-state index in [0.29, 0.717) is 16.2 Å². The average molecular weight is 327 g/mol. The van der Waals surface area contributed by atoms with Crippen LogP contribution in [0.25, 0.3) is 0 Å². The largest absolute Gasteiger partial charge is 0.497 e. The van der Waals surface area contributed by atoms with E-state index in [0.717, 1.165) is 5.56 Å². The van der Waals surface area contributed by atoms with Crippen LogP contribution in [0.5, 0.6) is 5.75 Å². The van der Waals surface area contributed by atoms with Crippen molar-refractivity contribution in [2.45, 2.75) is 25.0 Å². The number of aliphatic hydroxyl groups excluding tert-OH is 1. The number of hydrogen-bond acceptors (Lipinski definition) is 5. The van der Waals surface area contributed by atoms with E-state index in [-0.39, 0.29) is 18.0 Å². The molecule has 0 saturated carbocycles. The Kier molecular flexibility index (Phi) is 5.00. The van der Waals surface area contributed by atoms with E-state index < -0.39 is 10.0 Å². The van der Waals surface area contributed by atoms with Crippen molar-refractivity contribution in [3.05, 3.63) is 45.6 Å². The van der Waals surface area contributed by atoms with E-state index in [2.05, 4.69) is 4.72 Å². The molecule has 2 rings (SSSR count). The van der Waals surface area contributed by atoms with Gasteiger partial charge in [0.1, 0.15) is 10.6 Å². The number of thiophene rings is 1. The molecule has 1 aromatic heterocycles. The fraction of sp³-hybridized carbons (Fsp3) is 0.286. The molecule has 1 heterocycles. The van der Waals surface area contributed by atoms with Crippen LogP contribution in [0.15, 0.2) is 34.5 Å². The van der Waals surface area contributed by atoms with Gasteiger partial charge in [0.05, 0.1) is 18.6 Å². The van der Waals surface area contributed by atoms with Crippen LogP contribution in [0.1, 0.15) is 16.0 Å². The fourth-order valence-corrected chi connectivity index (χ4v) is 4.67. The van der Waals surface area contributed by atoms with Gasteiger partial charge in [-0.25, -0.2) is 13.1 Å². The Morgan fingerprint density at radius 1 is 1.38 bits per heavy atom. The normalized spacial score (nSPS) is 11.6. The zero-order valence-corrected chi connectivity index (χ0v) is 13.4. The van der Waals surface area contributed by atoms with Crippen LogP contribution in [0, 0.1) is 6.92 Å². The van der Waals surface area contributed by atoms with Crippen molar-refractivity contribution in [3.63, 3.8) is 0 Å². The summed E-state index contributed by atoms with van der Waals surface area (Å²) in [7, 11) is -2.09. The molecule has 0 radical (unpaired) electrons. The molecule has 0 aliphatic carbocycles. The molecule has 0 saturated heterocycles. The van der Waals surface area contributed by atoms with E-state index in [1.54, 1.807) is 37.6 Å². The van der Waals surface area contributed by atoms with Crippen LogP contribution < -0.4 is 9.46 Å². The van der Waals surface area contributed by atoms with E-state index in [1.165, 1.54) is 11.3 Å². The molecule has 0 unspecified atom stereocenters. The van der Waals surface area contributed by atoms with E-state index in [4.69, 9.17) is 4.74 Å². The predicted octanol–water partition coefficient (Wildman–Crippen LogP) is 2.04. The Balaban J connectivity index is 2.19. The highest BCUT2D eigenvalue weighted by Gasteiger charge is 2.22. The lowest BCUT2D eigenvalue weighted by atomic mass is 10.2. The first-order valence-electron chi connectivity index (χ1n) is 6.28. The lowest BCUT2D eigenvalue weighted by molar-refractivity contribution is 0.282. The Morgan fingerprint density at radius 2 is 2.14 bits per heavy atom. The summed E-state index contributed by atoms with van der Waals surface area (Å²) in [6, 6.07) is 7.19. The maximum atomic E-state index is 12.4. The summed E-state index contributed by atoms with van der Waals surface area (Å²) in [5.41, 5.74) is 1.44. The lowest BCUT2D eigenvalue weighted by Gasteiger charge is -2.09. The molecule has 2 aromatic rings. The highest BCUT2D eigenvalue weighted by molar-refractivity contribution is 7.89. The number of rotatable bonds is 6. The van der Waals surface area contributed by atoms with Crippen LogP contribution in [-0.4, -0.2) is 20.6 Å². The molecule has 0 fully saturated rings. The predicted molar refractivity (Wildman–Crippen MR) is 82.0 cm³/mol. The van der Waals surface area contributed by atoms with E-state index in [1.807, 2.05) is 6.07 Å². The molecule has 5 nitrogen and oxygen atoms in total. The van der Waals surface area contributed by atoms with Crippen LogP contribution in [-0.2, 0) is 23.2 Å². The summed E-state index contributed by atoms with van der Waals surface area (Å²) in [6.07, 6.45) is 0. The third-order valence-electron chi connectivity index (χ3n) is 3.00. The molecule has 0 aliphatic heterocycles. The number of aliphatic hydroxyl groups is 1. The SMILES string of the molecule is COc1cccc(CNS(=O)(=O)c2c(C)csc2CO)c1. The van der Waals surface area contributed by atoms with Crippen LogP contribution in [0.2, 0.25) is 0 Å². The minimum absolute atomic E-state index is 0.166. The second-order valence-corrected chi connectivity index (χ2v) is 7.17. The Hall–Kier alpha value is -1.41. The van der Waals surface area contributed by atoms with E-state index in [9.17, 15) is 13.5 Å². The quantitative estimate of drug-likeness (QED) is 0.851. The minimum atomic E-state index is -3.65. The molecule has 0 amide bonds. The smallest absolute Gasteiger partial charge is 0.242 e. The molecule has 7 heteroatoms. The van der Waals surface area contributed by atoms with Gasteiger partial charge in [0.2, 0.25) is 10.0 Å². The number of hydrogen-bond donors (Lipinski definition) is 2. The van der Waals surface area contributed by atoms with Crippen molar-refractivity contribution in [1.29, 1.82) is 0 Å². The van der Waals surface area contributed by atoms with Gasteiger partial charge in [-0.3, -0.25) is 0 Å². The van der Waals surface area contributed by atoms with E-state index >= 15 is 0 Å². The number of methoxy groups -OCH3 is 1. The molecule has 1 aromatic carbocycles. The second-order valence-electron chi connectivity index (χ2n) is 4.51. The van der Waals surface area contributed by atoms with Gasteiger partial charge in [0.25, 0.3) is 0 Å². The number of sulfonamides is 1. The van der Waals surface area contributed by atoms with Crippen LogP contribution in [0.4, 0.5) is 0 Å². The number of aryl methyl sites for hydroxylation is 1. The second kappa shape index (κ2) is 6.57. The first-order valence-corrected chi connectivity index (χ1v) is 8.64. The number of benzene rings is 1. The molecule has 0 bridgehead atoms. The van der Waals surface area contributed by atoms with Crippen molar-refractivity contribution in [1.82, 2.24) is 4.72 Å². The zero-order valence-electron chi connectivity index (χ0n) is 11.8. The molecular weight excluding hydrogens is 310 g/mol. The van der Waals surface area contributed by atoms with Gasteiger partial charge in [-0.1, -0.05) is 12.1 Å². The summed E-state index contributed by atoms with van der Waals surface area (Å²) in [6.45, 7) is 1.60. The summed E-state index contributed by atoms with van der Waals surface area (Å²) >= 11 is 1.24. The van der Waals surface area contributed by atoms with Gasteiger partial charge in [-0.2, -0.15) is 0 Å². The molecule has 0 atom stereocenters. The first kappa shape index (κ1) is 16.0. The van der Waals surface area contributed by atoms with Gasteiger partial charge < -0.3 is 9.84 Å². The van der Waals surface area contributed by atoms with Crippen molar-refractivity contribution < 1.29 is 18.3 Å². The van der Waals surface area contributed by atoms with Gasteiger partial charge >= 0.3 is 0 Å². The lowest BCUT2D eigenvalue weighted by Crippen LogP contribution is -2.24. The van der Waals surface area contributed by atoms with Gasteiger partial charge in [0, 0.05) is 6.54 Å². The minimum Gasteiger partial charge on any atom is -0.497 e. The van der Waals surface area contributed by atoms with Crippen LogP contribution in [0.3, 0.4) is 0 Å². The standard InChI is InChI=1S/C14H17NO4S2/c1-10-9-20-13(8-16)14(10)21(17,18)15-7-11-4-3-5-12(6-11)19-2/h3-6,9,15-16H,7-8H2,1-2H3. The van der Waals surface area contributed by atoms with Crippen molar-refractivity contribution in [3.8, 4) is 5.75 Å². The maximum absolute atomic E-state index is 12.4. The summed E-state index contributed by atoms with van der Waals surface area (Å²) in [4.78, 5) is 0.628. The monoisotopic (exact) mass is 327 g/mol. The average Bonchev–Trinajstić information content (AvgIpc) is 2.87. The molecule has 21 heavy (non-hydrogen) atoms. The Labute approximate surface area is 128 Å². The zero-order chi connectivity index (χ0) is 15.5. The third-order valence-corrected chi connectivity index (χ3v) is 5.85. The molecular formula is C14H17NO4S2. The fourth-order valence-electron chi connectivity index (χ4n) is 1.99. The van der Waals surface area contributed by atoms with Gasteiger partial charge in [0.15, 0.2) is 0 Å². The van der Waals surface area contributed by atoms with Crippen LogP contribution >= 0.6 is 11.3 Å². The summed E-state index contributed by atoms with van der Waals surface area (Å²) in [5, 5.41) is 11.0. The van der Waals surface area contributed by atoms with Gasteiger partial charge in [-0.15, -0.1) is 11.3 Å². The highest BCUT2D eigenvalue weighted by Crippen LogP contribution is 2.27. The highest BCUT2D eigenvalue weighted by atomic mass is 32.2. The molecule has 2 N–H and O–H groups in total. The maximum Gasteiger partial charge on any atom is 0.242 e. The number of nitrogens with one attached hydrogen (secondary N) is 1. The first-order chi connectivity index (χ1) is 9.97. The third kappa shape index (κ3) is 3.62. The Bertz CT molecular complexity index is 722. The molecule has 114 valence electrons. The van der Waals surface area contributed by atoms with Crippen molar-refractivity contribution in [2.24, 2.45) is 0 Å². The molecule has 0 spiro atoms.